The van der Waals surface area contributed by atoms with E-state index in [1.165, 1.54) is 6.07 Å². The summed E-state index contributed by atoms with van der Waals surface area (Å²) in [4.78, 5) is 39.8. The van der Waals surface area contributed by atoms with Crippen molar-refractivity contribution >= 4 is 11.8 Å². The molecule has 0 radical (unpaired) electrons. The van der Waals surface area contributed by atoms with E-state index in [0.29, 0.717) is 25.4 Å². The summed E-state index contributed by atoms with van der Waals surface area (Å²) in [7, 11) is 0. The highest BCUT2D eigenvalue weighted by molar-refractivity contribution is 5.89. The number of pyridine rings is 1. The molecule has 7 heteroatoms. The quantitative estimate of drug-likeness (QED) is 0.790. The molecule has 0 aromatic carbocycles. The molecule has 2 N–H and O–H groups in total. The molecule has 4 atom stereocenters. The van der Waals surface area contributed by atoms with Gasteiger partial charge in [-0.15, -0.1) is 0 Å². The predicted molar refractivity (Wildman–Crippen MR) is 94.2 cm³/mol. The Bertz CT molecular complexity index is 785. The van der Waals surface area contributed by atoms with Crippen LogP contribution in [0.3, 0.4) is 0 Å². The first-order valence-corrected chi connectivity index (χ1v) is 9.46. The Morgan fingerprint density at radius 1 is 1.31 bits per heavy atom. The molecule has 0 spiro atoms. The van der Waals surface area contributed by atoms with Gasteiger partial charge in [0.1, 0.15) is 6.04 Å². The fourth-order valence-electron chi connectivity index (χ4n) is 4.67. The fraction of sp³-hybridized carbons (Fsp3) is 0.632. The van der Waals surface area contributed by atoms with Gasteiger partial charge in [-0.25, -0.2) is 0 Å². The maximum absolute atomic E-state index is 13.1. The molecule has 1 aliphatic carbocycles. The number of nitrogens with one attached hydrogen (secondary N) is 1. The normalized spacial score (nSPS) is 29.4. The molecular weight excluding hydrogens is 334 g/mol. The topological polar surface area (TPSA) is 91.6 Å². The molecule has 1 saturated carbocycles. The molecule has 1 aromatic rings. The summed E-state index contributed by atoms with van der Waals surface area (Å²) in [5.41, 5.74) is 0.676. The van der Waals surface area contributed by atoms with Crippen LogP contribution in [-0.2, 0) is 16.1 Å². The van der Waals surface area contributed by atoms with Crippen LogP contribution in [0.25, 0.3) is 0 Å². The van der Waals surface area contributed by atoms with Crippen LogP contribution in [0, 0.1) is 17.8 Å². The van der Waals surface area contributed by atoms with E-state index in [1.807, 2.05) is 13.0 Å². The Labute approximate surface area is 152 Å². The minimum Gasteiger partial charge on any atom is -0.396 e. The number of nitrogens with zero attached hydrogens (tertiary/aromatic N) is 2. The fourth-order valence-corrected chi connectivity index (χ4v) is 4.67. The first kappa shape index (κ1) is 17.3. The Hall–Kier alpha value is -2.15. The molecule has 0 bridgehead atoms. The van der Waals surface area contributed by atoms with Crippen LogP contribution in [0.4, 0.5) is 0 Å². The molecule has 7 nitrogen and oxygen atoms in total. The number of aromatic nitrogens is 1. The third-order valence-electron chi connectivity index (χ3n) is 6.02. The summed E-state index contributed by atoms with van der Waals surface area (Å²) in [6, 6.07) is 4.08. The van der Waals surface area contributed by atoms with Crippen molar-refractivity contribution in [1.29, 1.82) is 0 Å². The van der Waals surface area contributed by atoms with Crippen LogP contribution < -0.4 is 10.9 Å². The SMILES string of the molecule is CCNC(=O)[C@@H]1[C@@H](CO)[C@@H]2Cn3c(cccc3=O)[C@@H]2N1C(=O)CC1CC1. The summed E-state index contributed by atoms with van der Waals surface area (Å²) < 4.78 is 1.68. The lowest BCUT2D eigenvalue weighted by Crippen LogP contribution is -2.50. The summed E-state index contributed by atoms with van der Waals surface area (Å²) in [5, 5.41) is 12.9. The standard InChI is InChI=1S/C19H25N3O4/c1-2-20-19(26)18-13(10-23)12-9-21-14(4-3-5-15(21)24)17(12)22(18)16(25)8-11-6-7-11/h3-5,11-13,17-18,23H,2,6-10H2,1H3,(H,20,26)/t12-,13-,17+,18-/m0/s1. The smallest absolute Gasteiger partial charge is 0.250 e. The van der Waals surface area contributed by atoms with E-state index >= 15 is 0 Å². The number of carbonyl (C=O) groups is 2. The number of hydrogen-bond acceptors (Lipinski definition) is 4. The monoisotopic (exact) mass is 359 g/mol. The molecule has 1 saturated heterocycles. The second-order valence-electron chi connectivity index (χ2n) is 7.64. The Kier molecular flexibility index (Phi) is 4.34. The Balaban J connectivity index is 1.76. The van der Waals surface area contributed by atoms with Gasteiger partial charge in [-0.1, -0.05) is 6.07 Å². The van der Waals surface area contributed by atoms with Crippen molar-refractivity contribution in [2.75, 3.05) is 13.2 Å². The minimum atomic E-state index is -0.676. The van der Waals surface area contributed by atoms with E-state index in [4.69, 9.17) is 0 Å². The van der Waals surface area contributed by atoms with Crippen molar-refractivity contribution in [1.82, 2.24) is 14.8 Å². The molecule has 26 heavy (non-hydrogen) atoms. The van der Waals surface area contributed by atoms with Crippen LogP contribution in [0.15, 0.2) is 23.0 Å². The van der Waals surface area contributed by atoms with E-state index < -0.39 is 6.04 Å². The highest BCUT2D eigenvalue weighted by atomic mass is 16.3. The number of amides is 2. The zero-order valence-corrected chi connectivity index (χ0v) is 14.9. The maximum atomic E-state index is 13.1. The van der Waals surface area contributed by atoms with Gasteiger partial charge in [0.05, 0.1) is 6.04 Å². The summed E-state index contributed by atoms with van der Waals surface area (Å²) in [5.74, 6) is -0.336. The third kappa shape index (κ3) is 2.65. The molecule has 140 valence electrons. The highest BCUT2D eigenvalue weighted by Gasteiger charge is 2.57. The van der Waals surface area contributed by atoms with Gasteiger partial charge in [0.15, 0.2) is 0 Å². The molecule has 3 aliphatic rings. The molecule has 2 fully saturated rings. The van der Waals surface area contributed by atoms with Gasteiger partial charge < -0.3 is 19.9 Å². The van der Waals surface area contributed by atoms with E-state index in [2.05, 4.69) is 5.32 Å². The lowest BCUT2D eigenvalue weighted by Gasteiger charge is -2.31. The van der Waals surface area contributed by atoms with Crippen LogP contribution in [0.5, 0.6) is 0 Å². The number of aliphatic hydroxyl groups excluding tert-OH is 1. The van der Waals surface area contributed by atoms with Crippen LogP contribution in [0.1, 0.15) is 37.9 Å². The van der Waals surface area contributed by atoms with Gasteiger partial charge in [0, 0.05) is 49.7 Å². The Morgan fingerprint density at radius 2 is 2.08 bits per heavy atom. The van der Waals surface area contributed by atoms with E-state index in [-0.39, 0.29) is 41.9 Å². The summed E-state index contributed by atoms with van der Waals surface area (Å²) in [6.45, 7) is 2.57. The molecular formula is C19H25N3O4. The summed E-state index contributed by atoms with van der Waals surface area (Å²) in [6.07, 6.45) is 2.55. The number of fused-ring (bicyclic) bond motifs is 3. The van der Waals surface area contributed by atoms with E-state index in [9.17, 15) is 19.5 Å². The van der Waals surface area contributed by atoms with Crippen molar-refractivity contribution in [3.8, 4) is 0 Å². The largest absolute Gasteiger partial charge is 0.396 e. The maximum Gasteiger partial charge on any atom is 0.250 e. The van der Waals surface area contributed by atoms with Crippen molar-refractivity contribution < 1.29 is 14.7 Å². The summed E-state index contributed by atoms with van der Waals surface area (Å²) >= 11 is 0. The van der Waals surface area contributed by atoms with Crippen molar-refractivity contribution in [2.24, 2.45) is 17.8 Å². The molecule has 2 amide bonds. The first-order chi connectivity index (χ1) is 12.6. The number of rotatable bonds is 5. The van der Waals surface area contributed by atoms with Crippen LogP contribution >= 0.6 is 0 Å². The van der Waals surface area contributed by atoms with Gasteiger partial charge >= 0.3 is 0 Å². The second kappa shape index (κ2) is 6.54. The van der Waals surface area contributed by atoms with Gasteiger partial charge in [-0.2, -0.15) is 0 Å². The zero-order valence-electron chi connectivity index (χ0n) is 14.9. The number of likely N-dealkylation sites (tertiary alicyclic amines) is 1. The Morgan fingerprint density at radius 3 is 2.73 bits per heavy atom. The predicted octanol–water partition coefficient (Wildman–Crippen LogP) is 0.275. The number of hydrogen-bond donors (Lipinski definition) is 2. The number of carbonyl (C=O) groups excluding carboxylic acids is 2. The first-order valence-electron chi connectivity index (χ1n) is 9.46. The molecule has 3 heterocycles. The van der Waals surface area contributed by atoms with Crippen molar-refractivity contribution in [3.63, 3.8) is 0 Å². The van der Waals surface area contributed by atoms with E-state index in [1.54, 1.807) is 15.5 Å². The van der Waals surface area contributed by atoms with Crippen LogP contribution in [-0.4, -0.2) is 45.6 Å². The zero-order chi connectivity index (χ0) is 18.4. The minimum absolute atomic E-state index is 0.0422. The molecule has 4 rings (SSSR count). The molecule has 2 aliphatic heterocycles. The van der Waals surface area contributed by atoms with Gasteiger partial charge in [-0.05, 0) is 31.7 Å². The van der Waals surface area contributed by atoms with E-state index in [0.717, 1.165) is 18.5 Å². The second-order valence-corrected chi connectivity index (χ2v) is 7.64. The molecule has 1 aromatic heterocycles. The number of aliphatic hydroxyl groups is 1. The van der Waals surface area contributed by atoms with Crippen molar-refractivity contribution in [3.05, 3.63) is 34.2 Å². The van der Waals surface area contributed by atoms with Crippen molar-refractivity contribution in [2.45, 2.75) is 44.8 Å². The molecule has 0 unspecified atom stereocenters. The number of likely N-dealkylation sites (N-methyl/N-ethyl adjacent to an activating group) is 1. The van der Waals surface area contributed by atoms with Gasteiger partial charge in [0.25, 0.3) is 5.56 Å². The lowest BCUT2D eigenvalue weighted by molar-refractivity contribution is -0.142. The average Bonchev–Trinajstić information content (AvgIpc) is 3.24. The van der Waals surface area contributed by atoms with Crippen LogP contribution in [0.2, 0.25) is 0 Å². The average molecular weight is 359 g/mol. The van der Waals surface area contributed by atoms with Gasteiger partial charge in [0.2, 0.25) is 11.8 Å². The highest BCUT2D eigenvalue weighted by Crippen LogP contribution is 2.50. The van der Waals surface area contributed by atoms with Gasteiger partial charge in [-0.3, -0.25) is 14.4 Å². The third-order valence-corrected chi connectivity index (χ3v) is 6.02. The lowest BCUT2D eigenvalue weighted by atomic mass is 9.88.